The number of nitrogens with zero attached hydrogens (tertiary/aromatic N) is 2. The molecule has 4 N–H and O–H groups in total. The van der Waals surface area contributed by atoms with Gasteiger partial charge in [-0.15, -0.1) is 0 Å². The molecule has 1 aliphatic heterocycles. The molecule has 1 atom stereocenters. The van der Waals surface area contributed by atoms with Crippen molar-refractivity contribution in [3.05, 3.63) is 95.3 Å². The van der Waals surface area contributed by atoms with Crippen LogP contribution in [-0.4, -0.2) is 60.6 Å². The Morgan fingerprint density at radius 1 is 1.14 bits per heavy atom. The summed E-state index contributed by atoms with van der Waals surface area (Å²) in [4.78, 5) is 16.3. The average molecular weight is 624 g/mol. The molecule has 44 heavy (non-hydrogen) atoms. The SMILES string of the molecule is Cc1cc(Oc2ccccc2F)ccc1-n1ncc(C(=O)c2cc3cc(F)c(NS(=O)(=O)C[C@@H]4COCCO4)cc3[nH]2)c1N. The molecule has 11 nitrogen and oxygen atoms in total. The van der Waals surface area contributed by atoms with Crippen LogP contribution >= 0.6 is 0 Å². The first-order chi connectivity index (χ1) is 21.1. The zero-order valence-electron chi connectivity index (χ0n) is 23.3. The number of carbonyl (C=O) groups excluding carboxylic acids is 1. The van der Waals surface area contributed by atoms with Crippen LogP contribution in [0.2, 0.25) is 0 Å². The Balaban J connectivity index is 1.21. The van der Waals surface area contributed by atoms with Crippen molar-refractivity contribution in [1.29, 1.82) is 0 Å². The molecule has 0 saturated carbocycles. The van der Waals surface area contributed by atoms with E-state index in [1.807, 2.05) is 0 Å². The number of aryl methyl sites for hydroxylation is 1. The topological polar surface area (TPSA) is 151 Å². The Morgan fingerprint density at radius 3 is 2.70 bits per heavy atom. The van der Waals surface area contributed by atoms with E-state index in [0.717, 1.165) is 6.07 Å². The van der Waals surface area contributed by atoms with Gasteiger partial charge < -0.3 is 24.9 Å². The lowest BCUT2D eigenvalue weighted by molar-refractivity contribution is -0.0781. The van der Waals surface area contributed by atoms with E-state index >= 15 is 0 Å². The Bertz CT molecular complexity index is 1990. The number of aromatic amines is 1. The maximum atomic E-state index is 14.9. The van der Waals surface area contributed by atoms with Gasteiger partial charge in [-0.25, -0.2) is 21.9 Å². The van der Waals surface area contributed by atoms with E-state index in [4.69, 9.17) is 19.9 Å². The van der Waals surface area contributed by atoms with Gasteiger partial charge in [0.05, 0.1) is 60.5 Å². The first-order valence-electron chi connectivity index (χ1n) is 13.5. The number of ether oxygens (including phenoxy) is 3. The molecule has 0 unspecified atom stereocenters. The number of ketones is 1. The predicted molar refractivity (Wildman–Crippen MR) is 159 cm³/mol. The van der Waals surface area contributed by atoms with E-state index in [2.05, 4.69) is 14.8 Å². The summed E-state index contributed by atoms with van der Waals surface area (Å²) in [6.07, 6.45) is 0.659. The number of halogens is 2. The van der Waals surface area contributed by atoms with E-state index in [0.29, 0.717) is 34.5 Å². The molecule has 228 valence electrons. The molecule has 3 heterocycles. The predicted octanol–water partition coefficient (Wildman–Crippen LogP) is 4.70. The summed E-state index contributed by atoms with van der Waals surface area (Å²) in [7, 11) is -3.96. The summed E-state index contributed by atoms with van der Waals surface area (Å²) in [5, 5.41) is 4.64. The zero-order chi connectivity index (χ0) is 31.0. The largest absolute Gasteiger partial charge is 0.454 e. The number of nitrogens with two attached hydrogens (primary N) is 1. The number of rotatable bonds is 9. The monoisotopic (exact) mass is 623 g/mol. The number of benzene rings is 3. The second-order valence-electron chi connectivity index (χ2n) is 10.2. The molecule has 1 fully saturated rings. The summed E-state index contributed by atoms with van der Waals surface area (Å²) >= 11 is 0. The molecule has 0 bridgehead atoms. The normalized spacial score (nSPS) is 15.4. The van der Waals surface area contributed by atoms with Crippen molar-refractivity contribution in [3.63, 3.8) is 0 Å². The average Bonchev–Trinajstić information content (AvgIpc) is 3.57. The van der Waals surface area contributed by atoms with Crippen LogP contribution in [0.1, 0.15) is 21.6 Å². The van der Waals surface area contributed by atoms with E-state index in [1.165, 1.54) is 35.1 Å². The van der Waals surface area contributed by atoms with Crippen molar-refractivity contribution >= 4 is 38.2 Å². The molecular weight excluding hydrogens is 596 g/mol. The van der Waals surface area contributed by atoms with Crippen LogP contribution in [0, 0.1) is 18.6 Å². The fourth-order valence-electron chi connectivity index (χ4n) is 4.89. The molecule has 0 radical (unpaired) electrons. The first-order valence-corrected chi connectivity index (χ1v) is 15.2. The standard InChI is InChI=1S/C30H27F2N5O6S/c1-17-10-19(43-28-5-3-2-4-22(28)31)6-7-27(17)37-30(33)21(14-34-37)29(38)26-12-18-11-23(32)25(13-24(18)35-26)36-44(39,40)16-20-15-41-8-9-42-20/h2-7,10-14,20,35-36H,8-9,15-16,33H2,1H3/t20-/m0/s1. The highest BCUT2D eigenvalue weighted by molar-refractivity contribution is 7.92. The van der Waals surface area contributed by atoms with Gasteiger partial charge in [0.15, 0.2) is 11.6 Å². The fourth-order valence-corrected chi connectivity index (χ4v) is 6.15. The van der Waals surface area contributed by atoms with Crippen LogP contribution in [0.3, 0.4) is 0 Å². The summed E-state index contributed by atoms with van der Waals surface area (Å²) < 4.78 is 74.0. The number of para-hydroxylation sites is 1. The van der Waals surface area contributed by atoms with Crippen LogP contribution in [-0.2, 0) is 19.5 Å². The number of hydrogen-bond acceptors (Lipinski definition) is 8. The third kappa shape index (κ3) is 6.00. The molecular formula is C30H27F2N5O6S. The number of nitrogen functional groups attached to an aromatic ring is 1. The van der Waals surface area contributed by atoms with Gasteiger partial charge in [0, 0.05) is 10.9 Å². The number of aromatic nitrogens is 3. The number of carbonyl (C=O) groups is 1. The van der Waals surface area contributed by atoms with Crippen LogP contribution in [0.4, 0.5) is 20.3 Å². The fraction of sp³-hybridized carbons (Fsp3) is 0.200. The number of hydrogen-bond donors (Lipinski definition) is 3. The van der Waals surface area contributed by atoms with Gasteiger partial charge in [-0.1, -0.05) is 12.1 Å². The molecule has 6 rings (SSSR count). The van der Waals surface area contributed by atoms with Crippen molar-refractivity contribution in [3.8, 4) is 17.2 Å². The van der Waals surface area contributed by atoms with Crippen molar-refractivity contribution in [2.45, 2.75) is 13.0 Å². The lowest BCUT2D eigenvalue weighted by Gasteiger charge is -2.23. The van der Waals surface area contributed by atoms with Crippen LogP contribution in [0.25, 0.3) is 16.6 Å². The van der Waals surface area contributed by atoms with Gasteiger partial charge in [-0.05, 0) is 61.0 Å². The summed E-state index contributed by atoms with van der Waals surface area (Å²) in [5.74, 6) is -1.66. The third-order valence-corrected chi connectivity index (χ3v) is 8.36. The Morgan fingerprint density at radius 2 is 1.95 bits per heavy atom. The third-order valence-electron chi connectivity index (χ3n) is 7.02. The zero-order valence-corrected chi connectivity index (χ0v) is 24.2. The van der Waals surface area contributed by atoms with Crippen LogP contribution in [0.5, 0.6) is 11.5 Å². The Labute approximate surface area is 250 Å². The molecule has 1 saturated heterocycles. The minimum Gasteiger partial charge on any atom is -0.454 e. The highest BCUT2D eigenvalue weighted by Gasteiger charge is 2.25. The van der Waals surface area contributed by atoms with Crippen molar-refractivity contribution in [2.24, 2.45) is 0 Å². The minimum absolute atomic E-state index is 0.0630. The van der Waals surface area contributed by atoms with Crippen LogP contribution in [0.15, 0.2) is 66.9 Å². The van der Waals surface area contributed by atoms with Gasteiger partial charge in [0.25, 0.3) is 0 Å². The molecule has 14 heteroatoms. The van der Waals surface area contributed by atoms with Crippen molar-refractivity contribution < 1.29 is 36.2 Å². The highest BCUT2D eigenvalue weighted by atomic mass is 32.2. The maximum Gasteiger partial charge on any atom is 0.235 e. The van der Waals surface area contributed by atoms with Gasteiger partial charge >= 0.3 is 0 Å². The number of anilines is 2. The van der Waals surface area contributed by atoms with Crippen LogP contribution < -0.4 is 15.2 Å². The van der Waals surface area contributed by atoms with E-state index in [-0.39, 0.29) is 41.7 Å². The second-order valence-corrected chi connectivity index (χ2v) is 12.0. The molecule has 0 aliphatic carbocycles. The quantitative estimate of drug-likeness (QED) is 0.200. The van der Waals surface area contributed by atoms with E-state index < -0.39 is 39.3 Å². The Hall–Kier alpha value is -4.79. The van der Waals surface area contributed by atoms with Gasteiger partial charge in [0.1, 0.15) is 17.4 Å². The van der Waals surface area contributed by atoms with Crippen molar-refractivity contribution in [2.75, 3.05) is 36.0 Å². The van der Waals surface area contributed by atoms with Gasteiger partial charge in [0.2, 0.25) is 15.8 Å². The summed E-state index contributed by atoms with van der Waals surface area (Å²) in [6.45, 7) is 2.58. The van der Waals surface area contributed by atoms with E-state index in [1.54, 1.807) is 37.3 Å². The Kier molecular flexibility index (Phi) is 7.80. The number of fused-ring (bicyclic) bond motifs is 1. The first kappa shape index (κ1) is 29.3. The van der Waals surface area contributed by atoms with E-state index in [9.17, 15) is 22.0 Å². The molecule has 5 aromatic rings. The summed E-state index contributed by atoms with van der Waals surface area (Å²) in [6, 6.07) is 14.9. The highest BCUT2D eigenvalue weighted by Crippen LogP contribution is 2.30. The molecule has 3 aromatic carbocycles. The molecule has 0 spiro atoms. The van der Waals surface area contributed by atoms with Crippen molar-refractivity contribution in [1.82, 2.24) is 14.8 Å². The molecule has 1 aliphatic rings. The van der Waals surface area contributed by atoms with Gasteiger partial charge in [-0.3, -0.25) is 9.52 Å². The second kappa shape index (κ2) is 11.7. The lowest BCUT2D eigenvalue weighted by atomic mass is 10.1. The smallest absolute Gasteiger partial charge is 0.235 e. The number of H-pyrrole nitrogens is 1. The number of sulfonamides is 1. The maximum absolute atomic E-state index is 14.9. The molecule has 2 aromatic heterocycles. The lowest BCUT2D eigenvalue weighted by Crippen LogP contribution is -2.36. The molecule has 0 amide bonds. The van der Waals surface area contributed by atoms with Gasteiger partial charge in [-0.2, -0.15) is 5.10 Å². The number of nitrogens with one attached hydrogen (secondary N) is 2. The minimum atomic E-state index is -3.96. The summed E-state index contributed by atoms with van der Waals surface area (Å²) in [5.41, 5.74) is 7.86.